The molecular weight excluding hydrogens is 275 g/mol. The number of amidine groups is 1. The summed E-state index contributed by atoms with van der Waals surface area (Å²) in [4.78, 5) is 0. The van der Waals surface area contributed by atoms with Crippen molar-refractivity contribution in [3.8, 4) is 0 Å². The summed E-state index contributed by atoms with van der Waals surface area (Å²) in [6.07, 6.45) is 4.34. The van der Waals surface area contributed by atoms with Gasteiger partial charge in [-0.3, -0.25) is 0 Å². The Labute approximate surface area is 123 Å². The fourth-order valence-corrected chi connectivity index (χ4v) is 2.62. The first-order valence-electron chi connectivity index (χ1n) is 7.04. The highest BCUT2D eigenvalue weighted by atomic mass is 19.1. The molecule has 2 rings (SSSR count). The molecule has 0 bridgehead atoms. The van der Waals surface area contributed by atoms with Gasteiger partial charge in [0, 0.05) is 12.7 Å². The van der Waals surface area contributed by atoms with E-state index in [0.717, 1.165) is 25.7 Å². The number of hydrogen-bond acceptors (Lipinski definition) is 4. The minimum Gasteiger partial charge on any atom is -0.409 e. The Balaban J connectivity index is 1.98. The van der Waals surface area contributed by atoms with Crippen molar-refractivity contribution in [1.29, 1.82) is 0 Å². The van der Waals surface area contributed by atoms with Crippen molar-refractivity contribution < 1.29 is 19.1 Å². The minimum atomic E-state index is -0.434. The van der Waals surface area contributed by atoms with Gasteiger partial charge in [0.05, 0.1) is 18.8 Å². The van der Waals surface area contributed by atoms with Gasteiger partial charge < -0.3 is 20.4 Å². The highest BCUT2D eigenvalue weighted by molar-refractivity contribution is 5.97. The fraction of sp³-hybridized carbons (Fsp3) is 0.533. The van der Waals surface area contributed by atoms with Gasteiger partial charge in [-0.1, -0.05) is 5.16 Å². The first kappa shape index (κ1) is 15.7. The number of methoxy groups -OCH3 is 1. The topological polar surface area (TPSA) is 77.1 Å². The average molecular weight is 296 g/mol. The molecule has 1 aromatic carbocycles. The maximum Gasteiger partial charge on any atom is 0.170 e. The van der Waals surface area contributed by atoms with Gasteiger partial charge in [-0.05, 0) is 49.4 Å². The van der Waals surface area contributed by atoms with Crippen molar-refractivity contribution in [3.63, 3.8) is 0 Å². The Morgan fingerprint density at radius 1 is 1.38 bits per heavy atom. The Hall–Kier alpha value is -1.66. The summed E-state index contributed by atoms with van der Waals surface area (Å²) in [5.41, 5.74) is 6.49. The van der Waals surface area contributed by atoms with Gasteiger partial charge in [-0.2, -0.15) is 0 Å². The molecule has 1 fully saturated rings. The van der Waals surface area contributed by atoms with Crippen molar-refractivity contribution in [2.45, 2.75) is 44.5 Å². The quantitative estimate of drug-likeness (QED) is 0.378. The van der Waals surface area contributed by atoms with E-state index in [1.54, 1.807) is 13.2 Å². The zero-order chi connectivity index (χ0) is 15.2. The van der Waals surface area contributed by atoms with Crippen molar-refractivity contribution in [2.75, 3.05) is 7.11 Å². The van der Waals surface area contributed by atoms with Crippen LogP contribution in [-0.2, 0) is 16.1 Å². The van der Waals surface area contributed by atoms with Gasteiger partial charge in [0.2, 0.25) is 0 Å². The van der Waals surface area contributed by atoms with E-state index in [0.29, 0.717) is 17.7 Å². The molecule has 5 nitrogen and oxygen atoms in total. The Bertz CT molecular complexity index is 508. The third-order valence-electron chi connectivity index (χ3n) is 3.76. The summed E-state index contributed by atoms with van der Waals surface area (Å²) in [6.45, 7) is 0.296. The molecule has 1 saturated carbocycles. The van der Waals surface area contributed by atoms with Crippen molar-refractivity contribution in [2.24, 2.45) is 10.9 Å². The number of benzene rings is 1. The molecule has 21 heavy (non-hydrogen) atoms. The second-order valence-electron chi connectivity index (χ2n) is 5.29. The second kappa shape index (κ2) is 7.38. The van der Waals surface area contributed by atoms with Gasteiger partial charge in [0.25, 0.3) is 0 Å². The summed E-state index contributed by atoms with van der Waals surface area (Å²) >= 11 is 0. The van der Waals surface area contributed by atoms with Crippen LogP contribution in [0.15, 0.2) is 23.4 Å². The van der Waals surface area contributed by atoms with Gasteiger partial charge in [0.1, 0.15) is 5.82 Å². The molecule has 6 heteroatoms. The molecule has 0 aliphatic heterocycles. The molecule has 0 aromatic heterocycles. The van der Waals surface area contributed by atoms with Gasteiger partial charge >= 0.3 is 0 Å². The second-order valence-corrected chi connectivity index (χ2v) is 5.29. The molecule has 0 heterocycles. The molecule has 1 aromatic rings. The fourth-order valence-electron chi connectivity index (χ4n) is 2.62. The van der Waals surface area contributed by atoms with Crippen LogP contribution in [0.4, 0.5) is 4.39 Å². The maximum absolute atomic E-state index is 13.5. The van der Waals surface area contributed by atoms with Gasteiger partial charge in [-0.15, -0.1) is 0 Å². The lowest BCUT2D eigenvalue weighted by atomic mass is 9.95. The predicted molar refractivity (Wildman–Crippen MR) is 76.8 cm³/mol. The summed E-state index contributed by atoms with van der Waals surface area (Å²) in [6, 6.07) is 4.28. The molecule has 1 aliphatic carbocycles. The lowest BCUT2D eigenvalue weighted by molar-refractivity contribution is -0.0364. The molecule has 2 atom stereocenters. The molecule has 0 radical (unpaired) electrons. The monoisotopic (exact) mass is 296 g/mol. The number of rotatable bonds is 5. The Morgan fingerprint density at radius 3 is 2.86 bits per heavy atom. The van der Waals surface area contributed by atoms with Crippen LogP contribution in [0.5, 0.6) is 0 Å². The number of hydrogen-bond donors (Lipinski definition) is 2. The molecule has 3 N–H and O–H groups in total. The number of nitrogens with two attached hydrogens (primary N) is 1. The smallest absolute Gasteiger partial charge is 0.170 e. The molecule has 0 saturated heterocycles. The van der Waals surface area contributed by atoms with Crippen LogP contribution < -0.4 is 5.73 Å². The number of ether oxygens (including phenoxy) is 2. The van der Waals surface area contributed by atoms with Crippen LogP contribution in [0.1, 0.15) is 36.8 Å². The highest BCUT2D eigenvalue weighted by Gasteiger charge is 2.22. The van der Waals surface area contributed by atoms with E-state index in [9.17, 15) is 4.39 Å². The zero-order valence-corrected chi connectivity index (χ0v) is 12.1. The Morgan fingerprint density at radius 2 is 2.14 bits per heavy atom. The van der Waals surface area contributed by atoms with E-state index in [1.165, 1.54) is 12.1 Å². The number of oxime groups is 1. The first-order valence-corrected chi connectivity index (χ1v) is 7.04. The third-order valence-corrected chi connectivity index (χ3v) is 3.76. The number of nitrogens with zero attached hydrogens (tertiary/aromatic N) is 1. The molecular formula is C15H21FN2O3. The molecule has 116 valence electrons. The largest absolute Gasteiger partial charge is 0.409 e. The summed E-state index contributed by atoms with van der Waals surface area (Å²) < 4.78 is 24.7. The van der Waals surface area contributed by atoms with Crippen LogP contribution in [0, 0.1) is 5.82 Å². The maximum atomic E-state index is 13.5. The van der Waals surface area contributed by atoms with E-state index in [1.807, 2.05) is 0 Å². The lowest BCUT2D eigenvalue weighted by Gasteiger charge is -2.28. The van der Waals surface area contributed by atoms with Gasteiger partial charge in [0.15, 0.2) is 5.84 Å². The van der Waals surface area contributed by atoms with Crippen LogP contribution >= 0.6 is 0 Å². The highest BCUT2D eigenvalue weighted by Crippen LogP contribution is 2.24. The lowest BCUT2D eigenvalue weighted by Crippen LogP contribution is -2.27. The minimum absolute atomic E-state index is 0.118. The molecule has 0 spiro atoms. The van der Waals surface area contributed by atoms with Crippen LogP contribution in [-0.4, -0.2) is 30.4 Å². The summed E-state index contributed by atoms with van der Waals surface area (Å²) in [5, 5.41) is 11.5. The SMILES string of the molecule is COC1CCCC(OCc2cc(F)cc(/C(N)=N/O)c2)C1. The van der Waals surface area contributed by atoms with E-state index in [2.05, 4.69) is 5.16 Å². The van der Waals surface area contributed by atoms with E-state index < -0.39 is 5.82 Å². The van der Waals surface area contributed by atoms with Crippen LogP contribution in [0.2, 0.25) is 0 Å². The normalized spacial score (nSPS) is 23.2. The molecule has 2 unspecified atom stereocenters. The standard InChI is InChI=1S/C15H21FN2O3/c1-20-13-3-2-4-14(8-13)21-9-10-5-11(15(17)18-19)7-12(16)6-10/h5-7,13-14,19H,2-4,8-9H2,1H3,(H2,17,18). The zero-order valence-electron chi connectivity index (χ0n) is 12.1. The van der Waals surface area contributed by atoms with Crippen molar-refractivity contribution in [1.82, 2.24) is 0 Å². The van der Waals surface area contributed by atoms with Crippen molar-refractivity contribution in [3.05, 3.63) is 35.1 Å². The summed E-state index contributed by atoms with van der Waals surface area (Å²) in [7, 11) is 1.71. The van der Waals surface area contributed by atoms with Crippen LogP contribution in [0.25, 0.3) is 0 Å². The summed E-state index contributed by atoms with van der Waals surface area (Å²) in [5.74, 6) is -0.552. The molecule has 0 amide bonds. The van der Waals surface area contributed by atoms with Gasteiger partial charge in [-0.25, -0.2) is 4.39 Å². The Kier molecular flexibility index (Phi) is 5.52. The van der Waals surface area contributed by atoms with E-state index in [4.69, 9.17) is 20.4 Å². The predicted octanol–water partition coefficient (Wildman–Crippen LogP) is 2.39. The number of halogens is 1. The third kappa shape index (κ3) is 4.41. The average Bonchev–Trinajstić information content (AvgIpc) is 2.51. The van der Waals surface area contributed by atoms with E-state index in [-0.39, 0.29) is 18.0 Å². The van der Waals surface area contributed by atoms with E-state index >= 15 is 0 Å². The van der Waals surface area contributed by atoms with Crippen LogP contribution in [0.3, 0.4) is 0 Å². The molecule has 1 aliphatic rings. The first-order chi connectivity index (χ1) is 10.1. The van der Waals surface area contributed by atoms with Crippen molar-refractivity contribution >= 4 is 5.84 Å².